The van der Waals surface area contributed by atoms with Crippen molar-refractivity contribution < 1.29 is 31.3 Å². The van der Waals surface area contributed by atoms with Crippen molar-refractivity contribution in [2.75, 3.05) is 0 Å². The molecular formula is C10H4F6N2O2. The minimum atomic E-state index is -5.65. The summed E-state index contributed by atoms with van der Waals surface area (Å²) in [5.74, 6) is 0.886. The minimum Gasteiger partial charge on any atom is -0.258 e. The van der Waals surface area contributed by atoms with Gasteiger partial charge in [-0.1, -0.05) is 0 Å². The highest BCUT2D eigenvalue weighted by molar-refractivity contribution is 5.66. The van der Waals surface area contributed by atoms with Crippen LogP contribution in [0.4, 0.5) is 37.7 Å². The number of aliphatic imine (C=N–C) groups is 1. The fraction of sp³-hybridized carbons (Fsp3) is 0.200. The molecule has 0 bridgehead atoms. The van der Waals surface area contributed by atoms with Crippen LogP contribution < -0.4 is 0 Å². The molecule has 108 valence electrons. The number of halogens is 6. The highest BCUT2D eigenvalue weighted by Crippen LogP contribution is 2.36. The van der Waals surface area contributed by atoms with Crippen LogP contribution in [0.25, 0.3) is 0 Å². The highest BCUT2D eigenvalue weighted by atomic mass is 19.4. The third-order valence-corrected chi connectivity index (χ3v) is 1.92. The summed E-state index contributed by atoms with van der Waals surface area (Å²) in [5.41, 5.74) is -3.59. The van der Waals surface area contributed by atoms with Crippen molar-refractivity contribution >= 4 is 17.2 Å². The Morgan fingerprint density at radius 1 is 1.05 bits per heavy atom. The first-order valence-corrected chi connectivity index (χ1v) is 4.74. The molecule has 0 amide bonds. The first kappa shape index (κ1) is 15.7. The average Bonchev–Trinajstić information content (AvgIpc) is 2.26. The van der Waals surface area contributed by atoms with E-state index in [4.69, 9.17) is 0 Å². The number of nitrogens with zero attached hydrogens (tertiary/aromatic N) is 2. The second kappa shape index (κ2) is 5.33. The minimum absolute atomic E-state index is 0.332. The van der Waals surface area contributed by atoms with Crippen LogP contribution in [-0.2, 0) is 0 Å². The van der Waals surface area contributed by atoms with Gasteiger partial charge in [-0.3, -0.25) is 10.1 Å². The molecule has 0 aromatic heterocycles. The molecule has 0 saturated carbocycles. The van der Waals surface area contributed by atoms with Crippen LogP contribution >= 0.6 is 0 Å². The summed E-state index contributed by atoms with van der Waals surface area (Å²) in [7, 11) is 0. The van der Waals surface area contributed by atoms with Gasteiger partial charge in [0, 0.05) is 18.0 Å². The SMILES string of the molecule is O=[N+]([O-])c1ccc(N=C=C(C(F)(F)F)C(F)(F)F)cc1. The van der Waals surface area contributed by atoms with Gasteiger partial charge in [-0.25, -0.2) is 4.99 Å². The summed E-state index contributed by atoms with van der Waals surface area (Å²) in [6.45, 7) is 0. The first-order valence-electron chi connectivity index (χ1n) is 4.74. The Hall–Kier alpha value is -2.35. The van der Waals surface area contributed by atoms with Gasteiger partial charge in [0.25, 0.3) is 5.69 Å². The Kier molecular flexibility index (Phi) is 4.19. The molecule has 0 aliphatic rings. The van der Waals surface area contributed by atoms with E-state index in [2.05, 4.69) is 4.99 Å². The third kappa shape index (κ3) is 4.09. The van der Waals surface area contributed by atoms with Gasteiger partial charge < -0.3 is 0 Å². The van der Waals surface area contributed by atoms with Crippen LogP contribution in [-0.4, -0.2) is 23.1 Å². The summed E-state index contributed by atoms with van der Waals surface area (Å²) < 4.78 is 72.7. The highest BCUT2D eigenvalue weighted by Gasteiger charge is 2.51. The molecule has 0 heterocycles. The van der Waals surface area contributed by atoms with Crippen LogP contribution in [0.3, 0.4) is 0 Å². The molecule has 1 aromatic rings. The van der Waals surface area contributed by atoms with Crippen LogP contribution in [0.2, 0.25) is 0 Å². The predicted molar refractivity (Wildman–Crippen MR) is 55.8 cm³/mol. The van der Waals surface area contributed by atoms with Crippen LogP contribution in [0, 0.1) is 10.1 Å². The van der Waals surface area contributed by atoms with Gasteiger partial charge in [0.1, 0.15) is 0 Å². The molecule has 0 atom stereocenters. The summed E-state index contributed by atoms with van der Waals surface area (Å²) in [6, 6.07) is 3.58. The van der Waals surface area contributed by atoms with E-state index in [1.807, 2.05) is 0 Å². The predicted octanol–water partition coefficient (Wildman–Crippen LogP) is 3.95. The van der Waals surface area contributed by atoms with E-state index in [-0.39, 0.29) is 11.4 Å². The molecule has 0 aliphatic carbocycles. The molecule has 0 N–H and O–H groups in total. The van der Waals surface area contributed by atoms with E-state index in [0.29, 0.717) is 0 Å². The second-order valence-electron chi connectivity index (χ2n) is 3.37. The Morgan fingerprint density at radius 3 is 1.85 bits per heavy atom. The molecule has 10 heteroatoms. The zero-order valence-corrected chi connectivity index (χ0v) is 9.29. The second-order valence-corrected chi connectivity index (χ2v) is 3.37. The Labute approximate surface area is 107 Å². The lowest BCUT2D eigenvalue weighted by Gasteiger charge is -2.11. The van der Waals surface area contributed by atoms with Crippen LogP contribution in [0.15, 0.2) is 34.8 Å². The smallest absolute Gasteiger partial charge is 0.258 e. The van der Waals surface area contributed by atoms with Crippen LogP contribution in [0.1, 0.15) is 0 Å². The monoisotopic (exact) mass is 298 g/mol. The van der Waals surface area contributed by atoms with E-state index < -0.39 is 22.8 Å². The van der Waals surface area contributed by atoms with Crippen molar-refractivity contribution in [1.29, 1.82) is 0 Å². The lowest BCUT2D eigenvalue weighted by Crippen LogP contribution is -2.26. The largest absolute Gasteiger partial charge is 0.430 e. The number of hydrogen-bond donors (Lipinski definition) is 0. The fourth-order valence-corrected chi connectivity index (χ4v) is 1.06. The van der Waals surface area contributed by atoms with E-state index >= 15 is 0 Å². The quantitative estimate of drug-likeness (QED) is 0.359. The van der Waals surface area contributed by atoms with Crippen molar-refractivity contribution in [3.05, 3.63) is 40.0 Å². The Morgan fingerprint density at radius 2 is 1.50 bits per heavy atom. The zero-order valence-electron chi connectivity index (χ0n) is 9.29. The molecule has 0 unspecified atom stereocenters. The molecule has 1 aromatic carbocycles. The van der Waals surface area contributed by atoms with E-state index in [9.17, 15) is 36.5 Å². The molecule has 20 heavy (non-hydrogen) atoms. The average molecular weight is 298 g/mol. The van der Waals surface area contributed by atoms with Crippen molar-refractivity contribution in [3.8, 4) is 0 Å². The van der Waals surface area contributed by atoms with Gasteiger partial charge in [0.15, 0.2) is 5.57 Å². The van der Waals surface area contributed by atoms with Gasteiger partial charge in [0.05, 0.1) is 10.6 Å². The summed E-state index contributed by atoms with van der Waals surface area (Å²) >= 11 is 0. The summed E-state index contributed by atoms with van der Waals surface area (Å²) in [4.78, 5) is 12.4. The van der Waals surface area contributed by atoms with E-state index in [1.165, 1.54) is 0 Å². The van der Waals surface area contributed by atoms with E-state index in [0.717, 1.165) is 30.1 Å². The molecule has 1 rings (SSSR count). The van der Waals surface area contributed by atoms with Crippen molar-refractivity contribution in [2.24, 2.45) is 4.99 Å². The topological polar surface area (TPSA) is 55.5 Å². The molecule has 0 radical (unpaired) electrons. The molecular weight excluding hydrogens is 294 g/mol. The summed E-state index contributed by atoms with van der Waals surface area (Å²) in [6.07, 6.45) is -11.3. The fourth-order valence-electron chi connectivity index (χ4n) is 1.06. The third-order valence-electron chi connectivity index (χ3n) is 1.92. The number of non-ortho nitro benzene ring substituents is 1. The van der Waals surface area contributed by atoms with Crippen LogP contribution in [0.5, 0.6) is 0 Å². The molecule has 0 saturated heterocycles. The maximum absolute atomic E-state index is 12.1. The van der Waals surface area contributed by atoms with Gasteiger partial charge in [0.2, 0.25) is 0 Å². The summed E-state index contributed by atoms with van der Waals surface area (Å²) in [5, 5.41) is 10.3. The van der Waals surface area contributed by atoms with Crippen molar-refractivity contribution in [2.45, 2.75) is 12.4 Å². The standard InChI is InChI=1S/C10H4F6N2O2/c11-9(12,13)8(10(14,15)16)5-17-6-1-3-7(4-2-6)18(19)20/h1-4H. The Balaban J connectivity index is 3.21. The maximum atomic E-state index is 12.1. The van der Waals surface area contributed by atoms with E-state index in [1.54, 1.807) is 0 Å². The number of nitro benzene ring substituents is 1. The first-order chi connectivity index (χ1) is 9.01. The van der Waals surface area contributed by atoms with Crippen molar-refractivity contribution in [1.82, 2.24) is 0 Å². The zero-order chi connectivity index (χ0) is 15.6. The number of alkyl halides is 6. The maximum Gasteiger partial charge on any atom is 0.430 e. The number of rotatable bonds is 2. The Bertz CT molecular complexity index is 551. The van der Waals surface area contributed by atoms with Crippen molar-refractivity contribution in [3.63, 3.8) is 0 Å². The molecule has 0 fully saturated rings. The molecule has 0 spiro atoms. The van der Waals surface area contributed by atoms with Gasteiger partial charge >= 0.3 is 12.4 Å². The normalized spacial score (nSPS) is 11.7. The lowest BCUT2D eigenvalue weighted by molar-refractivity contribution is -0.384. The number of nitro groups is 1. The van der Waals surface area contributed by atoms with Gasteiger partial charge in [-0.05, 0) is 12.1 Å². The number of hydrogen-bond acceptors (Lipinski definition) is 3. The molecule has 4 nitrogen and oxygen atoms in total. The van der Waals surface area contributed by atoms with Gasteiger partial charge in [-0.15, -0.1) is 0 Å². The lowest BCUT2D eigenvalue weighted by atomic mass is 10.2. The number of benzene rings is 1. The molecule has 0 aliphatic heterocycles. The van der Waals surface area contributed by atoms with Gasteiger partial charge in [-0.2, -0.15) is 26.3 Å². The number of allylic oxidation sites excluding steroid dienone is 1.